The maximum atomic E-state index is 2.32. The standard InChI is InChI=1S/C15H25.C10H15.Fe/c1-3-5-7-10-14-12-9-13-15(14)11-8-6-4-2;1-2-3-4-7-10-8-5-6-9-10;/h9,12-13H,3-8,10-11H2,1-2H3;5-6,8-9H,2-4,7H2,1H3;/q2*-1;+2. The number of hydrogen-bond acceptors (Lipinski definition) is 0. The van der Waals surface area contributed by atoms with Gasteiger partial charge in [-0.15, -0.1) is 0 Å². The third kappa shape index (κ3) is 11.8. The van der Waals surface area contributed by atoms with Crippen LogP contribution in [0.15, 0.2) is 42.5 Å². The van der Waals surface area contributed by atoms with E-state index < -0.39 is 0 Å². The minimum atomic E-state index is 0. The summed E-state index contributed by atoms with van der Waals surface area (Å²) in [5, 5.41) is 0. The van der Waals surface area contributed by atoms with Crippen LogP contribution >= 0.6 is 0 Å². The van der Waals surface area contributed by atoms with Crippen molar-refractivity contribution >= 4 is 0 Å². The molecule has 0 aliphatic rings. The molecule has 2 aromatic carbocycles. The van der Waals surface area contributed by atoms with Crippen molar-refractivity contribution in [1.82, 2.24) is 0 Å². The normalized spacial score (nSPS) is 10.1. The van der Waals surface area contributed by atoms with Crippen molar-refractivity contribution in [3.05, 3.63) is 59.2 Å². The Morgan fingerprint density at radius 2 is 1.27 bits per heavy atom. The summed E-state index contributed by atoms with van der Waals surface area (Å²) in [6, 6.07) is 15.5. The number of rotatable bonds is 12. The van der Waals surface area contributed by atoms with Gasteiger partial charge in [0.05, 0.1) is 0 Å². The van der Waals surface area contributed by atoms with Crippen molar-refractivity contribution < 1.29 is 17.1 Å². The fraction of sp³-hybridized carbons (Fsp3) is 0.600. The molecule has 2 aromatic rings. The van der Waals surface area contributed by atoms with Crippen LogP contribution in [0.1, 0.15) is 95.2 Å². The van der Waals surface area contributed by atoms with Crippen LogP contribution in [-0.4, -0.2) is 0 Å². The van der Waals surface area contributed by atoms with Crippen LogP contribution < -0.4 is 0 Å². The summed E-state index contributed by atoms with van der Waals surface area (Å²) in [6.07, 6.45) is 16.0. The maximum absolute atomic E-state index is 2.32. The Bertz CT molecular complexity index is 467. The largest absolute Gasteiger partial charge is 2.00 e. The molecule has 0 aliphatic heterocycles. The van der Waals surface area contributed by atoms with E-state index in [1.165, 1.54) is 82.6 Å². The molecule has 0 heterocycles. The first kappa shape index (κ1) is 25.2. The van der Waals surface area contributed by atoms with Crippen LogP contribution in [0.3, 0.4) is 0 Å². The molecule has 0 amide bonds. The number of aryl methyl sites for hydroxylation is 3. The Balaban J connectivity index is 0.000000497. The smallest absolute Gasteiger partial charge is 0.213 e. The molecule has 0 saturated heterocycles. The molecule has 0 nitrogen and oxygen atoms in total. The van der Waals surface area contributed by atoms with E-state index in [1.54, 1.807) is 11.1 Å². The quantitative estimate of drug-likeness (QED) is 0.194. The fourth-order valence-corrected chi connectivity index (χ4v) is 3.27. The number of hydrogen-bond donors (Lipinski definition) is 0. The molecule has 0 bridgehead atoms. The Labute approximate surface area is 174 Å². The second-order valence-corrected chi connectivity index (χ2v) is 7.24. The van der Waals surface area contributed by atoms with Gasteiger partial charge in [0.1, 0.15) is 0 Å². The Morgan fingerprint density at radius 1 is 0.654 bits per heavy atom. The van der Waals surface area contributed by atoms with Crippen molar-refractivity contribution in [1.29, 1.82) is 0 Å². The molecule has 0 fully saturated rings. The summed E-state index contributed by atoms with van der Waals surface area (Å²) in [6.45, 7) is 6.78. The van der Waals surface area contributed by atoms with Gasteiger partial charge in [-0.2, -0.15) is 41.0 Å². The van der Waals surface area contributed by atoms with Gasteiger partial charge in [-0.1, -0.05) is 97.8 Å². The van der Waals surface area contributed by atoms with E-state index in [9.17, 15) is 0 Å². The van der Waals surface area contributed by atoms with Gasteiger partial charge >= 0.3 is 17.1 Å². The second kappa shape index (κ2) is 17.6. The molecule has 2 rings (SSSR count). The summed E-state index contributed by atoms with van der Waals surface area (Å²) < 4.78 is 0. The Hall–Kier alpha value is -0.781. The van der Waals surface area contributed by atoms with Crippen LogP contribution in [0, 0.1) is 0 Å². The topological polar surface area (TPSA) is 0 Å². The zero-order chi connectivity index (χ0) is 18.2. The van der Waals surface area contributed by atoms with E-state index >= 15 is 0 Å². The van der Waals surface area contributed by atoms with Crippen molar-refractivity contribution in [3.63, 3.8) is 0 Å². The van der Waals surface area contributed by atoms with Gasteiger partial charge < -0.3 is 0 Å². The van der Waals surface area contributed by atoms with Crippen LogP contribution in [0.2, 0.25) is 0 Å². The van der Waals surface area contributed by atoms with Gasteiger partial charge in [0.25, 0.3) is 0 Å². The first-order valence-electron chi connectivity index (χ1n) is 10.8. The van der Waals surface area contributed by atoms with E-state index in [0.717, 1.165) is 0 Å². The molecule has 0 spiro atoms. The molecule has 1 heteroatoms. The molecule has 0 N–H and O–H groups in total. The maximum Gasteiger partial charge on any atom is 2.00 e. The average molecular weight is 396 g/mol. The molecular weight excluding hydrogens is 356 g/mol. The van der Waals surface area contributed by atoms with Crippen molar-refractivity contribution in [2.75, 3.05) is 0 Å². The zero-order valence-electron chi connectivity index (χ0n) is 17.4. The zero-order valence-corrected chi connectivity index (χ0v) is 18.5. The van der Waals surface area contributed by atoms with E-state index in [0.29, 0.717) is 0 Å². The van der Waals surface area contributed by atoms with Crippen molar-refractivity contribution in [3.8, 4) is 0 Å². The molecule has 0 radical (unpaired) electrons. The predicted molar refractivity (Wildman–Crippen MR) is 114 cm³/mol. The molecule has 0 aromatic heterocycles. The van der Waals surface area contributed by atoms with Gasteiger partial charge in [0.2, 0.25) is 0 Å². The van der Waals surface area contributed by atoms with Gasteiger partial charge in [-0.25, -0.2) is 18.2 Å². The van der Waals surface area contributed by atoms with Crippen LogP contribution in [-0.2, 0) is 36.3 Å². The van der Waals surface area contributed by atoms with Gasteiger partial charge in [0, 0.05) is 0 Å². The molecule has 0 saturated carbocycles. The summed E-state index contributed by atoms with van der Waals surface area (Å²) in [4.78, 5) is 0. The predicted octanol–water partition coefficient (Wildman–Crippen LogP) is 8.01. The van der Waals surface area contributed by atoms with E-state index in [4.69, 9.17) is 0 Å². The van der Waals surface area contributed by atoms with Gasteiger partial charge in [0.15, 0.2) is 0 Å². The van der Waals surface area contributed by atoms with E-state index in [1.807, 2.05) is 0 Å². The van der Waals surface area contributed by atoms with Crippen LogP contribution in [0.25, 0.3) is 0 Å². The summed E-state index contributed by atoms with van der Waals surface area (Å²) >= 11 is 0. The Kier molecular flexibility index (Phi) is 17.1. The van der Waals surface area contributed by atoms with Gasteiger partial charge in [-0.05, 0) is 0 Å². The molecular formula is C25H40Fe. The van der Waals surface area contributed by atoms with E-state index in [-0.39, 0.29) is 17.1 Å². The minimum absolute atomic E-state index is 0. The monoisotopic (exact) mass is 396 g/mol. The van der Waals surface area contributed by atoms with Crippen molar-refractivity contribution in [2.45, 2.75) is 97.8 Å². The van der Waals surface area contributed by atoms with E-state index in [2.05, 4.69) is 63.2 Å². The van der Waals surface area contributed by atoms with Crippen molar-refractivity contribution in [2.24, 2.45) is 0 Å². The molecule has 26 heavy (non-hydrogen) atoms. The minimum Gasteiger partial charge on any atom is -0.213 e. The van der Waals surface area contributed by atoms with Crippen LogP contribution in [0.5, 0.6) is 0 Å². The molecule has 0 aliphatic carbocycles. The molecule has 0 atom stereocenters. The molecule has 0 unspecified atom stereocenters. The first-order valence-corrected chi connectivity index (χ1v) is 10.8. The Morgan fingerprint density at radius 3 is 1.85 bits per heavy atom. The summed E-state index contributed by atoms with van der Waals surface area (Å²) in [7, 11) is 0. The molecule has 148 valence electrons. The SMILES string of the molecule is CCCCCc1cc[cH-]c1CCCCC.CCCCCc1ccc[cH-]1.[Fe+2]. The first-order chi connectivity index (χ1) is 12.3. The third-order valence-corrected chi connectivity index (χ3v) is 4.91. The number of unbranched alkanes of at least 4 members (excludes halogenated alkanes) is 6. The van der Waals surface area contributed by atoms with Crippen LogP contribution in [0.4, 0.5) is 0 Å². The fourth-order valence-electron chi connectivity index (χ4n) is 3.27. The van der Waals surface area contributed by atoms with Gasteiger partial charge in [-0.3, -0.25) is 0 Å². The second-order valence-electron chi connectivity index (χ2n) is 7.24. The average Bonchev–Trinajstić information content (AvgIpc) is 3.29. The summed E-state index contributed by atoms with van der Waals surface area (Å²) in [5.41, 5.74) is 4.72. The summed E-state index contributed by atoms with van der Waals surface area (Å²) in [5.74, 6) is 0. The third-order valence-electron chi connectivity index (χ3n) is 4.91.